The third-order valence-corrected chi connectivity index (χ3v) is 5.32. The van der Waals surface area contributed by atoms with Crippen molar-refractivity contribution in [2.24, 2.45) is 5.92 Å². The van der Waals surface area contributed by atoms with Crippen molar-refractivity contribution in [3.05, 3.63) is 48.0 Å². The molecule has 94 valence electrons. The average Bonchev–Trinajstić information content (AvgIpc) is 2.60. The Hall–Kier alpha value is -1.08. The number of fused-ring (bicyclic) bond motifs is 2. The van der Waals surface area contributed by atoms with Gasteiger partial charge in [-0.2, -0.15) is 0 Å². The van der Waals surface area contributed by atoms with Gasteiger partial charge in [0.25, 0.3) is 0 Å². The molecule has 2 atom stereocenters. The first-order valence-electron chi connectivity index (χ1n) is 7.25. The summed E-state index contributed by atoms with van der Waals surface area (Å²) in [7, 11) is 0. The molecule has 1 saturated carbocycles. The fourth-order valence-corrected chi connectivity index (χ4v) is 4.27. The molecule has 1 nitrogen and oxygen atoms in total. The third-order valence-electron chi connectivity index (χ3n) is 5.32. The molecule has 1 heteroatoms. The van der Waals surface area contributed by atoms with Crippen LogP contribution in [0.4, 0.5) is 0 Å². The second-order valence-electron chi connectivity index (χ2n) is 6.16. The van der Waals surface area contributed by atoms with Crippen LogP contribution in [-0.4, -0.2) is 12.2 Å². The van der Waals surface area contributed by atoms with E-state index in [1.54, 1.807) is 0 Å². The van der Waals surface area contributed by atoms with Crippen molar-refractivity contribution in [3.8, 4) is 0 Å². The van der Waals surface area contributed by atoms with E-state index in [4.69, 9.17) is 4.74 Å². The Labute approximate surface area is 109 Å². The SMILES string of the molecule is C1=C[C@@]2(c3ccccc3)COC3(CCCCC3)[C@@H]12. The highest BCUT2D eigenvalue weighted by Gasteiger charge is 2.60. The van der Waals surface area contributed by atoms with E-state index < -0.39 is 0 Å². The molecule has 1 aromatic carbocycles. The van der Waals surface area contributed by atoms with Gasteiger partial charge in [-0.1, -0.05) is 61.7 Å². The van der Waals surface area contributed by atoms with Crippen LogP contribution in [0.15, 0.2) is 42.5 Å². The summed E-state index contributed by atoms with van der Waals surface area (Å²) in [5.41, 5.74) is 1.81. The molecule has 0 amide bonds. The highest BCUT2D eigenvalue weighted by atomic mass is 16.5. The Bertz CT molecular complexity index is 470. The molecule has 1 spiro atoms. The van der Waals surface area contributed by atoms with Crippen LogP contribution in [0, 0.1) is 5.92 Å². The fraction of sp³-hybridized carbons (Fsp3) is 0.529. The zero-order chi connectivity index (χ0) is 12.1. The molecule has 2 fully saturated rings. The molecule has 0 bridgehead atoms. The summed E-state index contributed by atoms with van der Waals surface area (Å²) < 4.78 is 6.36. The number of hydrogen-bond donors (Lipinski definition) is 0. The van der Waals surface area contributed by atoms with Gasteiger partial charge in [0.1, 0.15) is 0 Å². The maximum atomic E-state index is 6.36. The summed E-state index contributed by atoms with van der Waals surface area (Å²) >= 11 is 0. The highest BCUT2D eigenvalue weighted by molar-refractivity contribution is 5.44. The minimum atomic E-state index is 0.169. The van der Waals surface area contributed by atoms with Crippen molar-refractivity contribution >= 4 is 0 Å². The molecule has 4 rings (SSSR count). The van der Waals surface area contributed by atoms with Gasteiger partial charge in [0.15, 0.2) is 0 Å². The lowest BCUT2D eigenvalue weighted by Gasteiger charge is -2.45. The van der Waals surface area contributed by atoms with Crippen molar-refractivity contribution in [1.29, 1.82) is 0 Å². The first kappa shape index (κ1) is 10.8. The van der Waals surface area contributed by atoms with E-state index in [2.05, 4.69) is 42.5 Å². The maximum Gasteiger partial charge on any atom is 0.0757 e. The molecular formula is C17H20O. The summed E-state index contributed by atoms with van der Waals surface area (Å²) in [5, 5.41) is 0. The van der Waals surface area contributed by atoms with Crippen molar-refractivity contribution in [3.63, 3.8) is 0 Å². The van der Waals surface area contributed by atoms with Gasteiger partial charge in [0.05, 0.1) is 12.2 Å². The van der Waals surface area contributed by atoms with Gasteiger partial charge in [-0.05, 0) is 18.4 Å². The lowest BCUT2D eigenvalue weighted by atomic mass is 9.57. The van der Waals surface area contributed by atoms with E-state index >= 15 is 0 Å². The smallest absolute Gasteiger partial charge is 0.0757 e. The first-order chi connectivity index (χ1) is 8.86. The molecule has 0 unspecified atom stereocenters. The van der Waals surface area contributed by atoms with Gasteiger partial charge in [-0.3, -0.25) is 0 Å². The summed E-state index contributed by atoms with van der Waals surface area (Å²) in [6, 6.07) is 10.9. The summed E-state index contributed by atoms with van der Waals surface area (Å²) in [5.74, 6) is 0.618. The number of rotatable bonds is 1. The van der Waals surface area contributed by atoms with Gasteiger partial charge >= 0.3 is 0 Å². The van der Waals surface area contributed by atoms with E-state index in [9.17, 15) is 0 Å². The van der Waals surface area contributed by atoms with E-state index in [0.717, 1.165) is 6.61 Å². The molecule has 1 heterocycles. The zero-order valence-corrected chi connectivity index (χ0v) is 10.8. The van der Waals surface area contributed by atoms with Crippen molar-refractivity contribution in [2.75, 3.05) is 6.61 Å². The van der Waals surface area contributed by atoms with Crippen molar-refractivity contribution in [2.45, 2.75) is 43.1 Å². The third kappa shape index (κ3) is 1.26. The molecule has 1 aliphatic heterocycles. The van der Waals surface area contributed by atoms with Gasteiger partial charge in [-0.25, -0.2) is 0 Å². The molecule has 0 N–H and O–H groups in total. The average molecular weight is 240 g/mol. The van der Waals surface area contributed by atoms with Crippen LogP contribution in [0.25, 0.3) is 0 Å². The van der Waals surface area contributed by atoms with Gasteiger partial charge < -0.3 is 4.74 Å². The second-order valence-corrected chi connectivity index (χ2v) is 6.16. The molecule has 1 aromatic rings. The first-order valence-corrected chi connectivity index (χ1v) is 7.25. The minimum absolute atomic E-state index is 0.169. The summed E-state index contributed by atoms with van der Waals surface area (Å²) in [6.07, 6.45) is 11.4. The standard InChI is InChI=1S/C17H20O/c1-3-7-14(8-4-1)16-12-9-15(16)17(18-13-16)10-5-2-6-11-17/h1,3-4,7-9,12,15H,2,5-6,10-11,13H2/t15-,16-/m0/s1. The molecule has 3 aliphatic rings. The normalized spacial score (nSPS) is 36.3. The van der Waals surface area contributed by atoms with E-state index in [-0.39, 0.29) is 11.0 Å². The van der Waals surface area contributed by atoms with Crippen LogP contribution < -0.4 is 0 Å². The van der Waals surface area contributed by atoms with E-state index in [0.29, 0.717) is 5.92 Å². The van der Waals surface area contributed by atoms with E-state index in [1.807, 2.05) is 0 Å². The van der Waals surface area contributed by atoms with Crippen LogP contribution in [-0.2, 0) is 10.2 Å². The fourth-order valence-electron chi connectivity index (χ4n) is 4.27. The monoisotopic (exact) mass is 240 g/mol. The topological polar surface area (TPSA) is 9.23 Å². The van der Waals surface area contributed by atoms with Crippen LogP contribution in [0.1, 0.15) is 37.7 Å². The Balaban J connectivity index is 1.72. The van der Waals surface area contributed by atoms with Crippen LogP contribution in [0.3, 0.4) is 0 Å². The van der Waals surface area contributed by atoms with Crippen LogP contribution >= 0.6 is 0 Å². The largest absolute Gasteiger partial charge is 0.373 e. The zero-order valence-electron chi connectivity index (χ0n) is 10.8. The maximum absolute atomic E-state index is 6.36. The molecular weight excluding hydrogens is 220 g/mol. The lowest BCUT2D eigenvalue weighted by molar-refractivity contribution is -0.0402. The van der Waals surface area contributed by atoms with Crippen molar-refractivity contribution in [1.82, 2.24) is 0 Å². The Morgan fingerprint density at radius 2 is 1.78 bits per heavy atom. The minimum Gasteiger partial charge on any atom is -0.373 e. The molecule has 0 radical (unpaired) electrons. The lowest BCUT2D eigenvalue weighted by Crippen LogP contribution is -2.47. The van der Waals surface area contributed by atoms with Crippen molar-refractivity contribution < 1.29 is 4.74 Å². The Morgan fingerprint density at radius 3 is 2.44 bits per heavy atom. The van der Waals surface area contributed by atoms with Gasteiger partial charge in [0.2, 0.25) is 0 Å². The van der Waals surface area contributed by atoms with Gasteiger partial charge in [-0.15, -0.1) is 0 Å². The highest BCUT2D eigenvalue weighted by Crippen LogP contribution is 2.58. The molecule has 18 heavy (non-hydrogen) atoms. The quantitative estimate of drug-likeness (QED) is 0.678. The molecule has 1 saturated heterocycles. The predicted octanol–water partition coefficient (Wildman–Crippen LogP) is 3.84. The predicted molar refractivity (Wildman–Crippen MR) is 72.5 cm³/mol. The molecule has 2 aliphatic carbocycles. The van der Waals surface area contributed by atoms with Crippen LogP contribution in [0.5, 0.6) is 0 Å². The Morgan fingerprint density at radius 1 is 1.00 bits per heavy atom. The summed E-state index contributed by atoms with van der Waals surface area (Å²) in [4.78, 5) is 0. The summed E-state index contributed by atoms with van der Waals surface area (Å²) in [6.45, 7) is 0.887. The van der Waals surface area contributed by atoms with E-state index in [1.165, 1.54) is 37.7 Å². The number of ether oxygens (including phenoxy) is 1. The second kappa shape index (κ2) is 3.71. The van der Waals surface area contributed by atoms with Gasteiger partial charge in [0, 0.05) is 11.3 Å². The van der Waals surface area contributed by atoms with Crippen LogP contribution in [0.2, 0.25) is 0 Å². The molecule has 0 aromatic heterocycles. The Kier molecular flexibility index (Phi) is 2.23. The number of hydrogen-bond acceptors (Lipinski definition) is 1. The number of benzene rings is 1.